The van der Waals surface area contributed by atoms with Crippen molar-refractivity contribution in [3.05, 3.63) is 60.4 Å². The number of hydrogen-bond donors (Lipinski definition) is 4. The second-order valence-electron chi connectivity index (χ2n) is 5.85. The van der Waals surface area contributed by atoms with Gasteiger partial charge in [-0.15, -0.1) is 0 Å². The van der Waals surface area contributed by atoms with E-state index in [9.17, 15) is 9.59 Å². The number of aromatic nitrogens is 2. The summed E-state index contributed by atoms with van der Waals surface area (Å²) in [6, 6.07) is 14.1. The number of anilines is 3. The first-order chi connectivity index (χ1) is 13.4. The molecule has 0 atom stereocenters. The fourth-order valence-corrected chi connectivity index (χ4v) is 2.82. The topological polar surface area (TPSA) is 136 Å². The van der Waals surface area contributed by atoms with Crippen LogP contribution in [0.15, 0.2) is 59.6 Å². The Hall–Kier alpha value is -3.59. The van der Waals surface area contributed by atoms with Gasteiger partial charge < -0.3 is 16.8 Å². The Morgan fingerprint density at radius 3 is 2.32 bits per heavy atom. The molecule has 9 heteroatoms. The van der Waals surface area contributed by atoms with Crippen molar-refractivity contribution in [1.82, 2.24) is 14.7 Å². The van der Waals surface area contributed by atoms with Crippen LogP contribution in [0.3, 0.4) is 0 Å². The van der Waals surface area contributed by atoms with E-state index in [0.29, 0.717) is 17.1 Å². The summed E-state index contributed by atoms with van der Waals surface area (Å²) in [5.74, 6) is -0.573. The van der Waals surface area contributed by atoms with Crippen LogP contribution in [-0.4, -0.2) is 21.8 Å². The Kier molecular flexibility index (Phi) is 5.75. The van der Waals surface area contributed by atoms with E-state index in [0.717, 1.165) is 10.5 Å². The number of carbonyl (C=O) groups excluding carboxylic acids is 2. The molecule has 2 aromatic carbocycles. The summed E-state index contributed by atoms with van der Waals surface area (Å²) in [7, 11) is 0. The molecule has 0 fully saturated rings. The molecule has 0 aliphatic carbocycles. The molecule has 6 N–H and O–H groups in total. The number of carbonyl (C=O) groups is 2. The Morgan fingerprint density at radius 1 is 1.00 bits per heavy atom. The number of hydrogen-bond acceptors (Lipinski definition) is 7. The van der Waals surface area contributed by atoms with Crippen molar-refractivity contribution in [2.24, 2.45) is 0 Å². The van der Waals surface area contributed by atoms with Crippen LogP contribution in [0.2, 0.25) is 0 Å². The average molecular weight is 394 g/mol. The van der Waals surface area contributed by atoms with E-state index in [1.54, 1.807) is 48.5 Å². The first kappa shape index (κ1) is 19.2. The molecule has 3 aromatic rings. The minimum absolute atomic E-state index is 0.0334. The van der Waals surface area contributed by atoms with Crippen LogP contribution in [-0.2, 0) is 4.79 Å². The van der Waals surface area contributed by atoms with Crippen molar-refractivity contribution in [3.8, 4) is 11.3 Å². The second-order valence-corrected chi connectivity index (χ2v) is 6.73. The predicted octanol–water partition coefficient (Wildman–Crippen LogP) is 2.70. The number of benzene rings is 2. The molecule has 0 spiro atoms. The number of amides is 2. The van der Waals surface area contributed by atoms with Crippen molar-refractivity contribution < 1.29 is 9.59 Å². The van der Waals surface area contributed by atoms with Crippen LogP contribution < -0.4 is 21.5 Å². The minimum Gasteiger partial charge on any atom is -0.399 e. The Bertz CT molecular complexity index is 1010. The molecule has 1 heterocycles. The molecule has 28 heavy (non-hydrogen) atoms. The van der Waals surface area contributed by atoms with Crippen molar-refractivity contribution in [1.29, 1.82) is 0 Å². The quantitative estimate of drug-likeness (QED) is 0.386. The molecule has 0 saturated heterocycles. The number of nitrogens with one attached hydrogen (secondary N) is 2. The molecule has 3 rings (SSSR count). The van der Waals surface area contributed by atoms with Gasteiger partial charge >= 0.3 is 0 Å². The van der Waals surface area contributed by atoms with Crippen LogP contribution in [0, 0.1) is 0 Å². The van der Waals surface area contributed by atoms with Gasteiger partial charge in [-0.05, 0) is 48.3 Å². The molecule has 2 amide bonds. The van der Waals surface area contributed by atoms with Crippen LogP contribution in [0.25, 0.3) is 11.3 Å². The lowest BCUT2D eigenvalue weighted by Crippen LogP contribution is -2.17. The zero-order chi connectivity index (χ0) is 20.1. The normalized spacial score (nSPS) is 10.3. The third-order valence-corrected chi connectivity index (χ3v) is 4.54. The maximum Gasteiger partial charge on any atom is 0.278 e. The zero-order valence-electron chi connectivity index (χ0n) is 15.0. The molecular formula is C19H18N6O2S. The van der Waals surface area contributed by atoms with Crippen molar-refractivity contribution in [3.63, 3.8) is 0 Å². The minimum atomic E-state index is -0.468. The fourth-order valence-electron chi connectivity index (χ4n) is 2.29. The molecular weight excluding hydrogens is 376 g/mol. The summed E-state index contributed by atoms with van der Waals surface area (Å²) >= 11 is 1.19. The Morgan fingerprint density at radius 2 is 1.68 bits per heavy atom. The maximum atomic E-state index is 12.6. The standard InChI is InChI=1S/C19H18N6O2S/c1-11(26)25-28-15-8-6-14(7-9-15)23-19(27)17-18(21)22-10-16(24-17)12-2-4-13(20)5-3-12/h2-10H,20H2,1H3,(H2,21,22)(H,23,27)(H,25,26). The summed E-state index contributed by atoms with van der Waals surface area (Å²) in [6.45, 7) is 1.44. The molecule has 0 aliphatic heterocycles. The Balaban J connectivity index is 1.76. The van der Waals surface area contributed by atoms with Gasteiger partial charge in [0.25, 0.3) is 5.91 Å². The van der Waals surface area contributed by atoms with Gasteiger partial charge in [0, 0.05) is 28.8 Å². The molecule has 0 unspecified atom stereocenters. The highest BCUT2D eigenvalue weighted by atomic mass is 32.2. The summed E-state index contributed by atoms with van der Waals surface area (Å²) < 4.78 is 2.63. The second kappa shape index (κ2) is 8.40. The van der Waals surface area contributed by atoms with Gasteiger partial charge in [-0.2, -0.15) is 0 Å². The van der Waals surface area contributed by atoms with Gasteiger partial charge in [-0.25, -0.2) is 9.97 Å². The first-order valence-corrected chi connectivity index (χ1v) is 9.07. The monoisotopic (exact) mass is 394 g/mol. The number of nitrogens with two attached hydrogens (primary N) is 2. The molecule has 0 saturated carbocycles. The molecule has 8 nitrogen and oxygen atoms in total. The molecule has 0 aliphatic rings. The third-order valence-electron chi connectivity index (χ3n) is 3.65. The highest BCUT2D eigenvalue weighted by Crippen LogP contribution is 2.21. The lowest BCUT2D eigenvalue weighted by molar-refractivity contribution is -0.117. The van der Waals surface area contributed by atoms with Crippen LogP contribution in [0.1, 0.15) is 17.4 Å². The van der Waals surface area contributed by atoms with Crippen molar-refractivity contribution >= 4 is 41.0 Å². The first-order valence-electron chi connectivity index (χ1n) is 8.25. The molecule has 0 radical (unpaired) electrons. The maximum absolute atomic E-state index is 12.6. The van der Waals surface area contributed by atoms with E-state index < -0.39 is 5.91 Å². The Labute approximate surface area is 165 Å². The smallest absolute Gasteiger partial charge is 0.278 e. The van der Waals surface area contributed by atoms with Gasteiger partial charge in [0.05, 0.1) is 11.9 Å². The van der Waals surface area contributed by atoms with Crippen LogP contribution in [0.4, 0.5) is 17.2 Å². The van der Waals surface area contributed by atoms with E-state index >= 15 is 0 Å². The number of rotatable bonds is 5. The predicted molar refractivity (Wildman–Crippen MR) is 110 cm³/mol. The average Bonchev–Trinajstić information content (AvgIpc) is 2.68. The molecule has 142 valence electrons. The highest BCUT2D eigenvalue weighted by molar-refractivity contribution is 7.98. The van der Waals surface area contributed by atoms with Gasteiger partial charge in [0.2, 0.25) is 5.91 Å². The van der Waals surface area contributed by atoms with E-state index in [1.165, 1.54) is 25.1 Å². The fraction of sp³-hybridized carbons (Fsp3) is 0.0526. The number of nitrogen functional groups attached to an aromatic ring is 2. The van der Waals surface area contributed by atoms with Gasteiger partial charge in [0.1, 0.15) is 0 Å². The molecule has 0 bridgehead atoms. The third kappa shape index (κ3) is 4.77. The largest absolute Gasteiger partial charge is 0.399 e. The summed E-state index contributed by atoms with van der Waals surface area (Å²) in [5.41, 5.74) is 14.1. The molecule has 1 aromatic heterocycles. The SMILES string of the molecule is CC(=O)NSc1ccc(NC(=O)c2nc(-c3ccc(N)cc3)cnc2N)cc1. The van der Waals surface area contributed by atoms with Crippen molar-refractivity contribution in [2.75, 3.05) is 16.8 Å². The van der Waals surface area contributed by atoms with Gasteiger partial charge in [-0.3, -0.25) is 14.3 Å². The lowest BCUT2D eigenvalue weighted by atomic mass is 10.1. The van der Waals surface area contributed by atoms with Crippen LogP contribution >= 0.6 is 11.9 Å². The van der Waals surface area contributed by atoms with Crippen molar-refractivity contribution in [2.45, 2.75) is 11.8 Å². The summed E-state index contributed by atoms with van der Waals surface area (Å²) in [4.78, 5) is 32.8. The highest BCUT2D eigenvalue weighted by Gasteiger charge is 2.15. The summed E-state index contributed by atoms with van der Waals surface area (Å²) in [6.07, 6.45) is 1.51. The van der Waals surface area contributed by atoms with Gasteiger partial charge in [-0.1, -0.05) is 12.1 Å². The summed E-state index contributed by atoms with van der Waals surface area (Å²) in [5, 5.41) is 2.74. The lowest BCUT2D eigenvalue weighted by Gasteiger charge is -2.09. The van der Waals surface area contributed by atoms with E-state index in [2.05, 4.69) is 20.0 Å². The van der Waals surface area contributed by atoms with Crippen LogP contribution in [0.5, 0.6) is 0 Å². The van der Waals surface area contributed by atoms with E-state index in [-0.39, 0.29) is 17.4 Å². The van der Waals surface area contributed by atoms with Gasteiger partial charge in [0.15, 0.2) is 11.5 Å². The van der Waals surface area contributed by atoms with E-state index in [1.807, 2.05) is 0 Å². The van der Waals surface area contributed by atoms with E-state index in [4.69, 9.17) is 11.5 Å². The number of nitrogens with zero attached hydrogens (tertiary/aromatic N) is 2. The zero-order valence-corrected chi connectivity index (χ0v) is 15.8.